The lowest BCUT2D eigenvalue weighted by Gasteiger charge is -2.09. The predicted molar refractivity (Wildman–Crippen MR) is 69.5 cm³/mol. The largest absolute Gasteiger partial charge is 0.435 e. The number of hydrogen-bond acceptors (Lipinski definition) is 4. The monoisotopic (exact) mass is 264 g/mol. The fourth-order valence-electron chi connectivity index (χ4n) is 1.65. The Bertz CT molecular complexity index is 541. The molecular weight excluding hydrogens is 247 g/mol. The first-order valence-electron chi connectivity index (χ1n) is 6.20. The molecule has 2 aromatic rings. The van der Waals surface area contributed by atoms with Crippen LogP contribution < -0.4 is 10.1 Å². The molecule has 0 amide bonds. The molecule has 0 saturated carbocycles. The lowest BCUT2D eigenvalue weighted by Crippen LogP contribution is -2.15. The molecule has 0 saturated heterocycles. The third-order valence-corrected chi connectivity index (χ3v) is 2.53. The summed E-state index contributed by atoms with van der Waals surface area (Å²) in [4.78, 5) is 3.99. The van der Waals surface area contributed by atoms with E-state index in [0.717, 1.165) is 19.2 Å². The van der Waals surface area contributed by atoms with Crippen molar-refractivity contribution in [1.82, 2.24) is 20.1 Å². The number of nitrogens with one attached hydrogen (secondary N) is 1. The average molecular weight is 264 g/mol. The van der Waals surface area contributed by atoms with E-state index < -0.39 is 0 Å². The van der Waals surface area contributed by atoms with Crippen molar-refractivity contribution in [3.63, 3.8) is 0 Å². The summed E-state index contributed by atoms with van der Waals surface area (Å²) in [6.45, 7) is 3.46. The van der Waals surface area contributed by atoms with Crippen molar-refractivity contribution < 1.29 is 9.13 Å². The van der Waals surface area contributed by atoms with E-state index in [0.29, 0.717) is 23.7 Å². The topological polar surface area (TPSA) is 52.0 Å². The van der Waals surface area contributed by atoms with Crippen molar-refractivity contribution in [2.45, 2.75) is 19.9 Å². The van der Waals surface area contributed by atoms with Crippen LogP contribution in [0, 0.1) is 5.82 Å². The number of aryl methyl sites for hydroxylation is 1. The Morgan fingerprint density at radius 1 is 1.42 bits per heavy atom. The van der Waals surface area contributed by atoms with Gasteiger partial charge in [-0.2, -0.15) is 5.10 Å². The van der Waals surface area contributed by atoms with Crippen molar-refractivity contribution >= 4 is 0 Å². The second kappa shape index (κ2) is 6.29. The molecule has 2 rings (SSSR count). The van der Waals surface area contributed by atoms with Crippen molar-refractivity contribution in [1.29, 1.82) is 0 Å². The van der Waals surface area contributed by atoms with Crippen molar-refractivity contribution in [2.75, 3.05) is 6.54 Å². The lowest BCUT2D eigenvalue weighted by atomic mass is 10.2. The van der Waals surface area contributed by atoms with Crippen LogP contribution in [0.3, 0.4) is 0 Å². The number of halogens is 1. The van der Waals surface area contributed by atoms with Crippen LogP contribution in [0.1, 0.15) is 18.9 Å². The Hall–Kier alpha value is -1.95. The smallest absolute Gasteiger partial charge is 0.224 e. The van der Waals surface area contributed by atoms with Gasteiger partial charge in [-0.15, -0.1) is 0 Å². The molecule has 6 heteroatoms. The van der Waals surface area contributed by atoms with E-state index in [1.807, 2.05) is 0 Å². The van der Waals surface area contributed by atoms with Crippen molar-refractivity contribution in [3.8, 4) is 11.6 Å². The minimum absolute atomic E-state index is 0.369. The Balaban J connectivity index is 2.14. The van der Waals surface area contributed by atoms with E-state index in [2.05, 4.69) is 22.3 Å². The van der Waals surface area contributed by atoms with Crippen LogP contribution >= 0.6 is 0 Å². The van der Waals surface area contributed by atoms with Crippen LogP contribution in [0.2, 0.25) is 0 Å². The summed E-state index contributed by atoms with van der Waals surface area (Å²) in [6.07, 6.45) is 5.49. The molecule has 0 atom stereocenters. The van der Waals surface area contributed by atoms with E-state index in [9.17, 15) is 4.39 Å². The summed E-state index contributed by atoms with van der Waals surface area (Å²) >= 11 is 0. The highest BCUT2D eigenvalue weighted by Gasteiger charge is 2.09. The molecule has 2 aromatic heterocycles. The minimum atomic E-state index is -0.369. The van der Waals surface area contributed by atoms with Gasteiger partial charge in [0.25, 0.3) is 0 Å². The van der Waals surface area contributed by atoms with Gasteiger partial charge in [0.15, 0.2) is 5.75 Å². The van der Waals surface area contributed by atoms with Gasteiger partial charge in [0, 0.05) is 19.2 Å². The van der Waals surface area contributed by atoms with Gasteiger partial charge in [0.05, 0.1) is 18.6 Å². The third-order valence-electron chi connectivity index (χ3n) is 2.53. The summed E-state index contributed by atoms with van der Waals surface area (Å²) in [5, 5.41) is 7.21. The predicted octanol–water partition coefficient (Wildman–Crippen LogP) is 2.25. The van der Waals surface area contributed by atoms with Crippen molar-refractivity contribution in [3.05, 3.63) is 36.0 Å². The molecule has 102 valence electrons. The van der Waals surface area contributed by atoms with E-state index in [1.54, 1.807) is 24.1 Å². The maximum absolute atomic E-state index is 13.2. The fourth-order valence-corrected chi connectivity index (χ4v) is 1.65. The molecule has 2 heterocycles. The first kappa shape index (κ1) is 13.5. The molecule has 5 nitrogen and oxygen atoms in total. The summed E-state index contributed by atoms with van der Waals surface area (Å²) in [7, 11) is 1.80. The number of nitrogens with zero attached hydrogens (tertiary/aromatic N) is 3. The quantitative estimate of drug-likeness (QED) is 0.813. The van der Waals surface area contributed by atoms with Gasteiger partial charge >= 0.3 is 0 Å². The Labute approximate surface area is 111 Å². The second-order valence-corrected chi connectivity index (χ2v) is 4.25. The van der Waals surface area contributed by atoms with Gasteiger partial charge in [0.2, 0.25) is 5.88 Å². The van der Waals surface area contributed by atoms with E-state index >= 15 is 0 Å². The van der Waals surface area contributed by atoms with Gasteiger partial charge < -0.3 is 10.1 Å². The zero-order valence-electron chi connectivity index (χ0n) is 11.1. The molecule has 0 unspecified atom stereocenters. The number of ether oxygens (including phenoxy) is 1. The van der Waals surface area contributed by atoms with Crippen LogP contribution in [-0.2, 0) is 13.6 Å². The SMILES string of the molecule is CCCNCc1cc(F)cnc1Oc1cnn(C)c1. The molecule has 19 heavy (non-hydrogen) atoms. The normalized spacial score (nSPS) is 10.7. The summed E-state index contributed by atoms with van der Waals surface area (Å²) in [5.41, 5.74) is 0.692. The lowest BCUT2D eigenvalue weighted by molar-refractivity contribution is 0.448. The Kier molecular flexibility index (Phi) is 4.46. The van der Waals surface area contributed by atoms with Crippen molar-refractivity contribution in [2.24, 2.45) is 7.05 Å². The van der Waals surface area contributed by atoms with Crippen LogP contribution in [-0.4, -0.2) is 21.3 Å². The molecule has 0 bridgehead atoms. The number of aromatic nitrogens is 3. The summed E-state index contributed by atoms with van der Waals surface area (Å²) < 4.78 is 20.5. The zero-order valence-corrected chi connectivity index (χ0v) is 11.1. The highest BCUT2D eigenvalue weighted by atomic mass is 19.1. The molecule has 0 aliphatic carbocycles. The van der Waals surface area contributed by atoms with Crippen LogP contribution in [0.15, 0.2) is 24.7 Å². The highest BCUT2D eigenvalue weighted by Crippen LogP contribution is 2.22. The zero-order chi connectivity index (χ0) is 13.7. The molecule has 0 fully saturated rings. The Morgan fingerprint density at radius 2 is 2.26 bits per heavy atom. The van der Waals surface area contributed by atoms with Gasteiger partial charge in [0.1, 0.15) is 5.82 Å². The molecule has 1 N–H and O–H groups in total. The van der Waals surface area contributed by atoms with Gasteiger partial charge in [-0.1, -0.05) is 6.92 Å². The molecule has 0 spiro atoms. The van der Waals surface area contributed by atoms with E-state index in [4.69, 9.17) is 4.74 Å². The highest BCUT2D eigenvalue weighted by molar-refractivity contribution is 5.30. The minimum Gasteiger partial charge on any atom is -0.435 e. The average Bonchev–Trinajstić information content (AvgIpc) is 2.78. The second-order valence-electron chi connectivity index (χ2n) is 4.25. The molecule has 0 aliphatic heterocycles. The van der Waals surface area contributed by atoms with Crippen LogP contribution in [0.5, 0.6) is 11.6 Å². The maximum Gasteiger partial charge on any atom is 0.224 e. The Morgan fingerprint density at radius 3 is 2.95 bits per heavy atom. The van der Waals surface area contributed by atoms with E-state index in [-0.39, 0.29) is 5.82 Å². The number of hydrogen-bond donors (Lipinski definition) is 1. The van der Waals surface area contributed by atoms with Gasteiger partial charge in [-0.25, -0.2) is 9.37 Å². The summed E-state index contributed by atoms with van der Waals surface area (Å²) in [5.74, 6) is 0.614. The van der Waals surface area contributed by atoms with Gasteiger partial charge in [-0.3, -0.25) is 4.68 Å². The first-order chi connectivity index (χ1) is 9.19. The number of pyridine rings is 1. The number of rotatable bonds is 6. The molecule has 0 radical (unpaired) electrons. The first-order valence-corrected chi connectivity index (χ1v) is 6.20. The summed E-state index contributed by atoms with van der Waals surface area (Å²) in [6, 6.07) is 1.43. The van der Waals surface area contributed by atoms with Crippen LogP contribution in [0.4, 0.5) is 4.39 Å². The van der Waals surface area contributed by atoms with E-state index in [1.165, 1.54) is 6.07 Å². The third kappa shape index (κ3) is 3.75. The standard InChI is InChI=1S/C13H17FN4O/c1-3-4-15-6-10-5-11(14)7-16-13(10)19-12-8-17-18(2)9-12/h5,7-9,15H,3-4,6H2,1-2H3. The maximum atomic E-state index is 13.2. The molecular formula is C13H17FN4O. The van der Waals surface area contributed by atoms with Crippen LogP contribution in [0.25, 0.3) is 0 Å². The fraction of sp³-hybridized carbons (Fsp3) is 0.385. The molecule has 0 aliphatic rings. The molecule has 0 aromatic carbocycles. The van der Waals surface area contributed by atoms with Gasteiger partial charge in [-0.05, 0) is 19.0 Å².